The molecule has 0 radical (unpaired) electrons. The quantitative estimate of drug-likeness (QED) is 0.634. The molecule has 0 bridgehead atoms. The molecule has 0 unspecified atom stereocenters. The van der Waals surface area contributed by atoms with Crippen LogP contribution in [-0.2, 0) is 0 Å². The number of rotatable bonds is 5. The van der Waals surface area contributed by atoms with Crippen molar-refractivity contribution in [1.29, 1.82) is 0 Å². The average Bonchev–Trinajstić information content (AvgIpc) is 3.38. The second kappa shape index (κ2) is 9.24. The van der Waals surface area contributed by atoms with Crippen LogP contribution < -0.4 is 10.9 Å². The van der Waals surface area contributed by atoms with Crippen LogP contribution in [0, 0.1) is 5.92 Å². The van der Waals surface area contributed by atoms with Gasteiger partial charge in [-0.3, -0.25) is 0 Å². The van der Waals surface area contributed by atoms with Crippen molar-refractivity contribution in [1.82, 2.24) is 9.55 Å². The summed E-state index contributed by atoms with van der Waals surface area (Å²) >= 11 is 0. The molecule has 3 heteroatoms. The van der Waals surface area contributed by atoms with Gasteiger partial charge in [-0.05, 0) is 18.8 Å². The van der Waals surface area contributed by atoms with Crippen molar-refractivity contribution in [2.75, 3.05) is 0 Å². The summed E-state index contributed by atoms with van der Waals surface area (Å²) in [6.45, 7) is 4.78. The summed E-state index contributed by atoms with van der Waals surface area (Å²) < 4.78 is 2.17. The molecule has 1 aromatic heterocycles. The highest BCUT2D eigenvalue weighted by molar-refractivity contribution is 6.89. The summed E-state index contributed by atoms with van der Waals surface area (Å²) in [6, 6.07) is 22.1. The van der Waals surface area contributed by atoms with Crippen LogP contribution in [-0.4, -0.2) is 16.3 Å². The Kier molecular flexibility index (Phi) is 6.48. The van der Waals surface area contributed by atoms with E-state index in [2.05, 4.69) is 96.1 Å². The molecule has 132 valence electrons. The highest BCUT2D eigenvalue weighted by Gasteiger charge is 2.22. The topological polar surface area (TPSA) is 17.8 Å². The fraction of sp³-hybridized carbons (Fsp3) is 0.261. The lowest BCUT2D eigenvalue weighted by Crippen LogP contribution is -2.40. The summed E-state index contributed by atoms with van der Waals surface area (Å²) in [5, 5.41) is 0. The predicted molar refractivity (Wildman–Crippen MR) is 112 cm³/mol. The van der Waals surface area contributed by atoms with Crippen molar-refractivity contribution in [2.45, 2.75) is 32.7 Å². The molecule has 0 spiro atoms. The number of allylic oxidation sites excluding steroid dienone is 1. The monoisotopic (exact) mass is 342 g/mol. The zero-order valence-electron chi connectivity index (χ0n) is 15.7. The van der Waals surface area contributed by atoms with E-state index >= 15 is 0 Å². The first-order valence-electron chi connectivity index (χ1n) is 9.49. The maximum Gasteiger partial charge on any atom is 0.233 e. The fourth-order valence-electron chi connectivity index (χ4n) is 2.93. The summed E-state index contributed by atoms with van der Waals surface area (Å²) in [4.78, 5) is 3.95. The highest BCUT2D eigenvalue weighted by atomic mass is 15.1. The maximum absolute atomic E-state index is 3.95. The highest BCUT2D eigenvalue weighted by Crippen LogP contribution is 2.33. The molecule has 0 aliphatic heterocycles. The maximum atomic E-state index is 3.95. The van der Waals surface area contributed by atoms with Gasteiger partial charge >= 0.3 is 0 Å². The summed E-state index contributed by atoms with van der Waals surface area (Å²) in [5.74, 6) is 2.90. The van der Waals surface area contributed by atoms with Gasteiger partial charge in [0.2, 0.25) is 6.71 Å². The lowest BCUT2D eigenvalue weighted by atomic mass is 9.40. The third-order valence-corrected chi connectivity index (χ3v) is 4.50. The molecule has 26 heavy (non-hydrogen) atoms. The van der Waals surface area contributed by atoms with Gasteiger partial charge in [0.15, 0.2) is 0 Å². The first kappa shape index (κ1) is 18.3. The SMILES string of the molecule is CC(C)C=CB(c1ccccc1)c1ccccc1.c1cn(C2CC2)cn1. The largest absolute Gasteiger partial charge is 0.334 e. The molecule has 1 saturated carbocycles. The Hall–Kier alpha value is -2.55. The Bertz CT molecular complexity index is 736. The molecule has 2 nitrogen and oxygen atoms in total. The fourth-order valence-corrected chi connectivity index (χ4v) is 2.93. The van der Waals surface area contributed by atoms with E-state index < -0.39 is 0 Å². The molecule has 3 aromatic rings. The van der Waals surface area contributed by atoms with Gasteiger partial charge in [-0.15, -0.1) is 5.98 Å². The van der Waals surface area contributed by atoms with E-state index in [4.69, 9.17) is 0 Å². The third kappa shape index (κ3) is 5.49. The van der Waals surface area contributed by atoms with E-state index in [1.165, 1.54) is 23.8 Å². The summed E-state index contributed by atoms with van der Waals surface area (Å²) in [7, 11) is 0. The lowest BCUT2D eigenvalue weighted by Gasteiger charge is -2.10. The number of aromatic nitrogens is 2. The van der Waals surface area contributed by atoms with E-state index in [9.17, 15) is 0 Å². The van der Waals surface area contributed by atoms with Crippen molar-refractivity contribution >= 4 is 17.6 Å². The van der Waals surface area contributed by atoms with Gasteiger partial charge in [-0.2, -0.15) is 0 Å². The van der Waals surface area contributed by atoms with Crippen LogP contribution in [0.4, 0.5) is 0 Å². The normalized spacial score (nSPS) is 13.5. The Morgan fingerprint density at radius 2 is 1.54 bits per heavy atom. The van der Waals surface area contributed by atoms with Crippen molar-refractivity contribution < 1.29 is 0 Å². The lowest BCUT2D eigenvalue weighted by molar-refractivity contribution is 0.740. The standard InChI is InChI=1S/C17H19B.C6H8N2/c1-15(2)13-14-18(16-9-5-3-6-10-16)17-11-7-4-8-12-17;1-2-6(1)8-4-3-7-5-8/h3-15H,1-2H3;3-6H,1-2H2. The first-order chi connectivity index (χ1) is 12.7. The Morgan fingerprint density at radius 1 is 0.962 bits per heavy atom. The molecule has 1 heterocycles. The van der Waals surface area contributed by atoms with Crippen molar-refractivity contribution in [3.8, 4) is 0 Å². The minimum Gasteiger partial charge on any atom is -0.334 e. The van der Waals surface area contributed by atoms with Crippen LogP contribution in [0.2, 0.25) is 0 Å². The Morgan fingerprint density at radius 3 is 1.96 bits per heavy atom. The summed E-state index contributed by atoms with van der Waals surface area (Å²) in [5.41, 5.74) is 2.70. The molecule has 1 aliphatic rings. The molecule has 0 atom stereocenters. The van der Waals surface area contributed by atoms with E-state index in [0.717, 1.165) is 6.04 Å². The second-order valence-corrected chi connectivity index (χ2v) is 7.17. The third-order valence-electron chi connectivity index (χ3n) is 4.50. The van der Waals surface area contributed by atoms with Crippen LogP contribution in [0.5, 0.6) is 0 Å². The van der Waals surface area contributed by atoms with Crippen LogP contribution in [0.3, 0.4) is 0 Å². The van der Waals surface area contributed by atoms with Gasteiger partial charge < -0.3 is 4.57 Å². The van der Waals surface area contributed by atoms with Crippen molar-refractivity contribution in [3.63, 3.8) is 0 Å². The van der Waals surface area contributed by atoms with E-state index in [1.54, 1.807) is 0 Å². The molecule has 2 aromatic carbocycles. The molecule has 0 saturated heterocycles. The van der Waals surface area contributed by atoms with E-state index in [1.807, 2.05) is 18.7 Å². The number of hydrogen-bond acceptors (Lipinski definition) is 1. The average molecular weight is 342 g/mol. The smallest absolute Gasteiger partial charge is 0.233 e. The minimum atomic E-state index is 0.356. The van der Waals surface area contributed by atoms with Crippen LogP contribution >= 0.6 is 0 Å². The number of hydrogen-bond donors (Lipinski definition) is 0. The van der Waals surface area contributed by atoms with Gasteiger partial charge in [0.05, 0.1) is 6.33 Å². The zero-order chi connectivity index (χ0) is 18.2. The molecule has 4 rings (SSSR count). The van der Waals surface area contributed by atoms with Gasteiger partial charge in [-0.1, -0.05) is 91.5 Å². The van der Waals surface area contributed by atoms with E-state index in [-0.39, 0.29) is 0 Å². The van der Waals surface area contributed by atoms with Crippen LogP contribution in [0.1, 0.15) is 32.7 Å². The molecular formula is C23H27BN2. The molecule has 1 aliphatic carbocycles. The molecular weight excluding hydrogens is 315 g/mol. The molecule has 1 fully saturated rings. The van der Waals surface area contributed by atoms with Gasteiger partial charge in [0.1, 0.15) is 0 Å². The minimum absolute atomic E-state index is 0.356. The van der Waals surface area contributed by atoms with Gasteiger partial charge in [0, 0.05) is 18.4 Å². The number of benzene rings is 2. The predicted octanol–water partition coefficient (Wildman–Crippen LogP) is 4.27. The van der Waals surface area contributed by atoms with Crippen LogP contribution in [0.15, 0.2) is 91.4 Å². The second-order valence-electron chi connectivity index (χ2n) is 7.17. The van der Waals surface area contributed by atoms with Crippen LogP contribution in [0.25, 0.3) is 0 Å². The molecule has 0 amide bonds. The summed E-state index contributed by atoms with van der Waals surface area (Å²) in [6.07, 6.45) is 10.7. The Labute approximate surface area is 157 Å². The van der Waals surface area contributed by atoms with Gasteiger partial charge in [0.25, 0.3) is 0 Å². The van der Waals surface area contributed by atoms with Crippen molar-refractivity contribution in [3.05, 3.63) is 91.4 Å². The number of imidazole rings is 1. The van der Waals surface area contributed by atoms with Crippen molar-refractivity contribution in [2.24, 2.45) is 5.92 Å². The number of nitrogens with zero attached hydrogens (tertiary/aromatic N) is 2. The van der Waals surface area contributed by atoms with Gasteiger partial charge in [-0.25, -0.2) is 4.98 Å². The molecule has 0 N–H and O–H groups in total. The van der Waals surface area contributed by atoms with E-state index in [0.29, 0.717) is 12.6 Å². The first-order valence-corrected chi connectivity index (χ1v) is 9.49. The Balaban J connectivity index is 0.000000201. The zero-order valence-corrected chi connectivity index (χ0v) is 15.7.